The van der Waals surface area contributed by atoms with E-state index >= 15 is 0 Å². The minimum Gasteiger partial charge on any atom is 1.00 e. The minimum absolute atomic E-state index is 0. The molecule has 0 amide bonds. The molecule has 0 fully saturated rings. The number of rotatable bonds is 0. The topological polar surface area (TPSA) is 121 Å². The summed E-state index contributed by atoms with van der Waals surface area (Å²) < 4.78 is 8.74. The second-order valence-electron chi connectivity index (χ2n) is 0.533. The van der Waals surface area contributed by atoms with Crippen molar-refractivity contribution in [2.24, 2.45) is 0 Å². The molecule has 0 aliphatic rings. The monoisotopic (exact) mass is 268 g/mol. The number of hydrogen-bond donors (Lipinski definition) is 2. The maximum atomic E-state index is 8.74. The molecule has 0 aromatic heterocycles. The molecular formula is CH6Ca2Na2O6Si. The second-order valence-corrected chi connectivity index (χ2v) is 1.10. The van der Waals surface area contributed by atoms with Crippen LogP contribution in [0, 0.1) is 0 Å². The summed E-state index contributed by atoms with van der Waals surface area (Å²) in [5.41, 5.74) is 0. The van der Waals surface area contributed by atoms with Crippen molar-refractivity contribution in [2.75, 3.05) is 0 Å². The van der Waals surface area contributed by atoms with Gasteiger partial charge in [-0.1, -0.05) is 0 Å². The Balaban J connectivity index is -0.0000000112. The average molecular weight is 268 g/mol. The first-order valence-corrected chi connectivity index (χ1v) is 2.57. The van der Waals surface area contributed by atoms with Gasteiger partial charge in [0.1, 0.15) is 0 Å². The van der Waals surface area contributed by atoms with E-state index in [4.69, 9.17) is 29.1 Å². The third-order valence-electron chi connectivity index (χ3n) is 0. The van der Waals surface area contributed by atoms with E-state index in [1.54, 1.807) is 0 Å². The Morgan fingerprint density at radius 1 is 1.08 bits per heavy atom. The molecule has 0 radical (unpaired) electrons. The van der Waals surface area contributed by atoms with Crippen molar-refractivity contribution in [1.29, 1.82) is 0 Å². The molecule has 0 aliphatic carbocycles. The van der Waals surface area contributed by atoms with Crippen molar-refractivity contribution in [2.45, 2.75) is 0 Å². The van der Waals surface area contributed by atoms with E-state index < -0.39 is 15.3 Å². The van der Waals surface area contributed by atoms with Gasteiger partial charge >= 0.3 is 144 Å². The molecule has 0 unspecified atom stereocenters. The normalized spacial score (nSPS) is 4.00. The smallest absolute Gasteiger partial charge is 1.00 e. The summed E-state index contributed by atoms with van der Waals surface area (Å²) in [6.07, 6.45) is -2.33. The SMILES string of the molecule is O=C([O-])[O-].O=[Si](O)O.[CaH2].[CaH2].[Na+].[Na+]. The van der Waals surface area contributed by atoms with E-state index in [2.05, 4.69) is 0 Å². The van der Waals surface area contributed by atoms with Crippen molar-refractivity contribution < 1.29 is 88.2 Å². The third-order valence-corrected chi connectivity index (χ3v) is 0. The van der Waals surface area contributed by atoms with Gasteiger partial charge in [0, 0.05) is 0 Å². The molecule has 0 bridgehead atoms. The summed E-state index contributed by atoms with van der Waals surface area (Å²) in [5, 5.41) is 16.7. The maximum Gasteiger partial charge on any atom is 1.00 e. The molecule has 56 valence electrons. The Kier molecular flexibility index (Phi) is 88.1. The quantitative estimate of drug-likeness (QED) is 0.421. The summed E-state index contributed by atoms with van der Waals surface area (Å²) >= 11 is 0. The molecular weight excluding hydrogens is 262 g/mol. The largest absolute Gasteiger partial charge is 1.00 e. The van der Waals surface area contributed by atoms with Crippen LogP contribution >= 0.6 is 0 Å². The summed E-state index contributed by atoms with van der Waals surface area (Å²) in [4.78, 5) is 22.6. The van der Waals surface area contributed by atoms with Crippen LogP contribution in [0.5, 0.6) is 0 Å². The Bertz CT molecular complexity index is 81.5. The second kappa shape index (κ2) is 29.3. The Hall–Kier alpha value is 3.41. The number of carbonyl (C=O) groups is 1. The van der Waals surface area contributed by atoms with E-state index in [0.29, 0.717) is 0 Å². The molecule has 6 nitrogen and oxygen atoms in total. The summed E-state index contributed by atoms with van der Waals surface area (Å²) in [5.74, 6) is 0. The van der Waals surface area contributed by atoms with Crippen LogP contribution in [0.25, 0.3) is 0 Å². The zero-order chi connectivity index (χ0) is 7.15. The fourth-order valence-electron chi connectivity index (χ4n) is 0. The number of carboxylic acid groups (broad SMARTS) is 2. The molecule has 12 heavy (non-hydrogen) atoms. The van der Waals surface area contributed by atoms with Crippen LogP contribution < -0.4 is 69.3 Å². The molecule has 0 aromatic rings. The number of carbonyl (C=O) groups excluding carboxylic acids is 1. The molecule has 0 rings (SSSR count). The van der Waals surface area contributed by atoms with E-state index in [1.807, 2.05) is 0 Å². The molecule has 2 N–H and O–H groups in total. The standard InChI is InChI=1S/CH2O3.2Ca.2Na.H2O3Si.4H/c2-1(3)4;;;;;1-4(2)3;;;;/h(H2,2,3,4);;;;;1-2H;;;;/q;;;2*+1;;;;;/p-2. The summed E-state index contributed by atoms with van der Waals surface area (Å²) in [6, 6.07) is 0. The van der Waals surface area contributed by atoms with Gasteiger partial charge in [0.05, 0.1) is 0 Å². The fourth-order valence-corrected chi connectivity index (χ4v) is 0. The van der Waals surface area contributed by atoms with Gasteiger partial charge in [-0.2, -0.15) is 0 Å². The molecule has 0 aromatic carbocycles. The van der Waals surface area contributed by atoms with Crippen LogP contribution in [0.3, 0.4) is 0 Å². The van der Waals surface area contributed by atoms with Crippen molar-refractivity contribution in [3.05, 3.63) is 0 Å². The van der Waals surface area contributed by atoms with Crippen LogP contribution in [0.15, 0.2) is 0 Å². The van der Waals surface area contributed by atoms with Crippen molar-refractivity contribution >= 4 is 90.8 Å². The minimum atomic E-state index is -3.13. The van der Waals surface area contributed by atoms with Crippen LogP contribution in [-0.4, -0.2) is 100 Å². The van der Waals surface area contributed by atoms with Gasteiger partial charge in [-0.15, -0.1) is 0 Å². The molecule has 0 heterocycles. The average Bonchev–Trinajstić information content (AvgIpc) is 1.25. The summed E-state index contributed by atoms with van der Waals surface area (Å²) in [6.45, 7) is 0. The van der Waals surface area contributed by atoms with Crippen molar-refractivity contribution in [3.8, 4) is 0 Å². The van der Waals surface area contributed by atoms with Gasteiger partial charge in [-0.05, 0) is 6.16 Å². The van der Waals surface area contributed by atoms with E-state index in [1.165, 1.54) is 0 Å². The predicted octanol–water partition coefficient (Wildman–Crippen LogP) is -11.9. The van der Waals surface area contributed by atoms with Gasteiger partial charge in [0.15, 0.2) is 0 Å². The molecule has 0 saturated heterocycles. The van der Waals surface area contributed by atoms with E-state index in [0.717, 1.165) is 0 Å². The number of hydrogen-bond acceptors (Lipinski definition) is 4. The van der Waals surface area contributed by atoms with Crippen molar-refractivity contribution in [1.82, 2.24) is 0 Å². The van der Waals surface area contributed by atoms with Gasteiger partial charge in [0.2, 0.25) is 0 Å². The van der Waals surface area contributed by atoms with Gasteiger partial charge in [0.25, 0.3) is 0 Å². The molecule has 0 atom stereocenters. The summed E-state index contributed by atoms with van der Waals surface area (Å²) in [7, 11) is -3.13. The van der Waals surface area contributed by atoms with E-state index in [9.17, 15) is 0 Å². The predicted molar refractivity (Wildman–Crippen MR) is 33.4 cm³/mol. The molecule has 0 aliphatic heterocycles. The third kappa shape index (κ3) is 178. The van der Waals surface area contributed by atoms with E-state index in [-0.39, 0.29) is 135 Å². The first-order valence-electron chi connectivity index (χ1n) is 1.26. The van der Waals surface area contributed by atoms with Crippen LogP contribution in [0.4, 0.5) is 4.79 Å². The Morgan fingerprint density at radius 2 is 1.08 bits per heavy atom. The Labute approximate surface area is 175 Å². The van der Waals surface area contributed by atoms with Gasteiger partial charge < -0.3 is 24.6 Å². The maximum absolute atomic E-state index is 8.74. The molecule has 11 heteroatoms. The molecule has 0 spiro atoms. The zero-order valence-electron chi connectivity index (χ0n) is 5.53. The first kappa shape index (κ1) is 36.1. The van der Waals surface area contributed by atoms with Crippen molar-refractivity contribution in [3.63, 3.8) is 0 Å². The molecule has 0 saturated carbocycles. The van der Waals surface area contributed by atoms with Crippen LogP contribution in [0.2, 0.25) is 0 Å². The van der Waals surface area contributed by atoms with Gasteiger partial charge in [-0.25, -0.2) is 0 Å². The van der Waals surface area contributed by atoms with Gasteiger partial charge in [-0.3, -0.25) is 4.46 Å². The first-order chi connectivity index (χ1) is 3.46. The van der Waals surface area contributed by atoms with Crippen LogP contribution in [-0.2, 0) is 4.46 Å². The fraction of sp³-hybridized carbons (Fsp3) is 0. The zero-order valence-corrected chi connectivity index (χ0v) is 10.5. The van der Waals surface area contributed by atoms with Crippen LogP contribution in [0.1, 0.15) is 0 Å². The Morgan fingerprint density at radius 3 is 1.08 bits per heavy atom.